The topological polar surface area (TPSA) is 109 Å². The zero-order chi connectivity index (χ0) is 27.1. The first kappa shape index (κ1) is 25.9. The number of aromatic nitrogens is 4. The molecule has 39 heavy (non-hydrogen) atoms. The zero-order valence-corrected chi connectivity index (χ0v) is 21.7. The summed E-state index contributed by atoms with van der Waals surface area (Å²) in [6.45, 7) is 2.24. The number of nitrogens with zero attached hydrogens (tertiary/aromatic N) is 7. The van der Waals surface area contributed by atoms with Crippen LogP contribution in [0.4, 0.5) is 24.9 Å². The number of carbonyl (C=O) groups is 1. The maximum Gasteiger partial charge on any atom is 0.401 e. The summed E-state index contributed by atoms with van der Waals surface area (Å²) in [7, 11) is 0. The number of fused-ring (bicyclic) bond motifs is 1. The number of alkyl halides is 3. The highest BCUT2D eigenvalue weighted by Crippen LogP contribution is 2.35. The van der Waals surface area contributed by atoms with Crippen LogP contribution in [0.5, 0.6) is 0 Å². The van der Waals surface area contributed by atoms with Crippen LogP contribution < -0.4 is 10.6 Å². The Morgan fingerprint density at radius 2 is 1.74 bits per heavy atom. The molecule has 210 valence electrons. The summed E-state index contributed by atoms with van der Waals surface area (Å²) < 4.78 is 45.0. The molecule has 6 heterocycles. The lowest BCUT2D eigenvalue weighted by Gasteiger charge is -2.41. The van der Waals surface area contributed by atoms with Crippen LogP contribution in [0.2, 0.25) is 0 Å². The van der Waals surface area contributed by atoms with Gasteiger partial charge in [-0.25, -0.2) is 4.98 Å². The lowest BCUT2D eigenvalue weighted by atomic mass is 9.78. The number of likely N-dealkylation sites (tertiary alicyclic amines) is 2. The van der Waals surface area contributed by atoms with Crippen LogP contribution in [0, 0.1) is 11.8 Å². The van der Waals surface area contributed by atoms with Gasteiger partial charge < -0.3 is 20.0 Å². The van der Waals surface area contributed by atoms with Gasteiger partial charge in [-0.3, -0.25) is 9.69 Å². The van der Waals surface area contributed by atoms with Gasteiger partial charge in [-0.15, -0.1) is 5.10 Å². The third-order valence-electron chi connectivity index (χ3n) is 8.46. The van der Waals surface area contributed by atoms with E-state index < -0.39 is 12.7 Å². The summed E-state index contributed by atoms with van der Waals surface area (Å²) in [6.07, 6.45) is 2.42. The van der Waals surface area contributed by atoms with Crippen molar-refractivity contribution in [1.29, 1.82) is 0 Å². The molecule has 3 aliphatic heterocycles. The van der Waals surface area contributed by atoms with Gasteiger partial charge in [0.2, 0.25) is 17.7 Å². The fourth-order valence-electron chi connectivity index (χ4n) is 6.49. The van der Waals surface area contributed by atoms with Gasteiger partial charge in [0.1, 0.15) is 11.9 Å². The molecule has 3 aromatic rings. The number of halogens is 3. The summed E-state index contributed by atoms with van der Waals surface area (Å²) >= 11 is 0. The van der Waals surface area contributed by atoms with E-state index in [2.05, 4.69) is 15.1 Å². The Morgan fingerprint density at radius 3 is 2.41 bits per heavy atom. The van der Waals surface area contributed by atoms with E-state index in [4.69, 9.17) is 10.2 Å². The lowest BCUT2D eigenvalue weighted by Crippen LogP contribution is -2.50. The minimum atomic E-state index is -4.14. The van der Waals surface area contributed by atoms with Crippen molar-refractivity contribution in [2.45, 2.75) is 50.7 Å². The van der Waals surface area contributed by atoms with Crippen molar-refractivity contribution >= 4 is 23.3 Å². The zero-order valence-electron chi connectivity index (χ0n) is 21.7. The number of carbonyl (C=O) groups excluding carboxylic acids is 1. The first-order valence-electron chi connectivity index (χ1n) is 13.7. The van der Waals surface area contributed by atoms with E-state index in [1.54, 1.807) is 24.5 Å². The normalized spacial score (nSPS) is 22.3. The van der Waals surface area contributed by atoms with Gasteiger partial charge in [0.25, 0.3) is 0 Å². The van der Waals surface area contributed by atoms with Crippen LogP contribution in [-0.4, -0.2) is 86.8 Å². The lowest BCUT2D eigenvalue weighted by molar-refractivity contribution is -0.149. The molecule has 10 nitrogen and oxygen atoms in total. The van der Waals surface area contributed by atoms with Gasteiger partial charge >= 0.3 is 6.18 Å². The van der Waals surface area contributed by atoms with E-state index in [1.165, 1.54) is 9.42 Å². The van der Waals surface area contributed by atoms with Gasteiger partial charge in [0, 0.05) is 25.7 Å². The number of rotatable bonds is 5. The molecule has 13 heteroatoms. The highest BCUT2D eigenvalue weighted by atomic mass is 19.4. The number of hydrogen-bond acceptors (Lipinski definition) is 8. The predicted octanol–water partition coefficient (Wildman–Crippen LogP) is 3.45. The van der Waals surface area contributed by atoms with Crippen LogP contribution in [-0.2, 0) is 4.79 Å². The van der Waals surface area contributed by atoms with E-state index in [-0.39, 0.29) is 17.9 Å². The Kier molecular flexibility index (Phi) is 6.86. The average Bonchev–Trinajstić information content (AvgIpc) is 3.68. The summed E-state index contributed by atoms with van der Waals surface area (Å²) in [5.74, 6) is 2.73. The molecule has 1 amide bonds. The van der Waals surface area contributed by atoms with Crippen molar-refractivity contribution < 1.29 is 22.4 Å². The van der Waals surface area contributed by atoms with E-state index in [9.17, 15) is 18.0 Å². The van der Waals surface area contributed by atoms with Crippen molar-refractivity contribution in [3.63, 3.8) is 0 Å². The Balaban J connectivity index is 1.08. The molecule has 1 atom stereocenters. The van der Waals surface area contributed by atoms with E-state index in [0.717, 1.165) is 38.5 Å². The molecule has 0 spiro atoms. The summed E-state index contributed by atoms with van der Waals surface area (Å²) in [5.41, 5.74) is 6.75. The SMILES string of the molecule is Nc1nc(N2CCC[C@H]2C(=O)N2CCC(C3CCN(CC(F)(F)F)CC3)CC2)cc2nc(-c3ccco3)nn12. The Hall–Kier alpha value is -3.35. The second-order valence-corrected chi connectivity index (χ2v) is 10.9. The number of anilines is 2. The third-order valence-corrected chi connectivity index (χ3v) is 8.46. The fourth-order valence-corrected chi connectivity index (χ4v) is 6.49. The molecule has 0 bridgehead atoms. The quantitative estimate of drug-likeness (QED) is 0.519. The third kappa shape index (κ3) is 5.41. The van der Waals surface area contributed by atoms with E-state index >= 15 is 0 Å². The number of nitrogens with two attached hydrogens (primary N) is 1. The second kappa shape index (κ2) is 10.3. The monoisotopic (exact) mass is 546 g/mol. The average molecular weight is 547 g/mol. The van der Waals surface area contributed by atoms with Crippen molar-refractivity contribution in [3.8, 4) is 11.6 Å². The second-order valence-electron chi connectivity index (χ2n) is 10.9. The van der Waals surface area contributed by atoms with Crippen molar-refractivity contribution in [3.05, 3.63) is 24.5 Å². The van der Waals surface area contributed by atoms with Gasteiger partial charge in [-0.1, -0.05) is 0 Å². The maximum atomic E-state index is 13.6. The van der Waals surface area contributed by atoms with E-state index in [1.807, 2.05) is 9.80 Å². The molecule has 0 aliphatic carbocycles. The number of hydrogen-bond donors (Lipinski definition) is 1. The smallest absolute Gasteiger partial charge is 0.401 e. The molecular weight excluding hydrogens is 513 g/mol. The number of amides is 1. The molecule has 3 aliphatic rings. The van der Waals surface area contributed by atoms with Gasteiger partial charge in [0.05, 0.1) is 12.8 Å². The van der Waals surface area contributed by atoms with Crippen LogP contribution in [0.3, 0.4) is 0 Å². The highest BCUT2D eigenvalue weighted by Gasteiger charge is 2.38. The molecule has 3 aromatic heterocycles. The van der Waals surface area contributed by atoms with Crippen molar-refractivity contribution in [1.82, 2.24) is 29.4 Å². The summed E-state index contributed by atoms with van der Waals surface area (Å²) in [4.78, 5) is 28.2. The van der Waals surface area contributed by atoms with Crippen LogP contribution >= 0.6 is 0 Å². The summed E-state index contributed by atoms with van der Waals surface area (Å²) in [5, 5.41) is 4.39. The molecule has 0 aromatic carbocycles. The van der Waals surface area contributed by atoms with Gasteiger partial charge in [-0.2, -0.15) is 22.7 Å². The van der Waals surface area contributed by atoms with Crippen molar-refractivity contribution in [2.24, 2.45) is 11.8 Å². The Bertz CT molecular complexity index is 1290. The number of furan rings is 1. The minimum absolute atomic E-state index is 0.101. The molecule has 0 unspecified atom stereocenters. The van der Waals surface area contributed by atoms with E-state index in [0.29, 0.717) is 67.6 Å². The van der Waals surface area contributed by atoms with Gasteiger partial charge in [-0.05, 0) is 75.6 Å². The number of nitrogen functional groups attached to an aromatic ring is 1. The maximum absolute atomic E-state index is 13.6. The van der Waals surface area contributed by atoms with Crippen LogP contribution in [0.1, 0.15) is 38.5 Å². The molecule has 0 radical (unpaired) electrons. The fraction of sp³-hybridized carbons (Fsp3) is 0.615. The van der Waals surface area contributed by atoms with Crippen LogP contribution in [0.25, 0.3) is 17.2 Å². The largest absolute Gasteiger partial charge is 0.461 e. The Labute approximate surface area is 223 Å². The molecular formula is C26H33F3N8O2. The van der Waals surface area contributed by atoms with Crippen molar-refractivity contribution in [2.75, 3.05) is 49.9 Å². The molecule has 0 saturated carbocycles. The molecule has 2 N–H and O–H groups in total. The first-order chi connectivity index (χ1) is 18.7. The standard InChI is InChI=1S/C26H33F3N8O2/c27-26(28,29)16-34-10-5-17(6-11-34)18-7-12-35(13-8-18)24(38)19-3-1-9-36(19)21-15-22-31-23(20-4-2-14-39-20)33-37(22)25(30)32-21/h2,4,14-15,17-19H,1,3,5-13,16H2,(H2,30,32)/t19-/m0/s1. The molecule has 3 saturated heterocycles. The van der Waals surface area contributed by atoms with Crippen LogP contribution in [0.15, 0.2) is 28.9 Å². The van der Waals surface area contributed by atoms with Gasteiger partial charge in [0.15, 0.2) is 11.4 Å². The Morgan fingerprint density at radius 1 is 1.03 bits per heavy atom. The first-order valence-corrected chi connectivity index (χ1v) is 13.7. The molecule has 3 fully saturated rings. The minimum Gasteiger partial charge on any atom is -0.461 e. The number of piperidine rings is 2. The predicted molar refractivity (Wildman–Crippen MR) is 138 cm³/mol. The highest BCUT2D eigenvalue weighted by molar-refractivity contribution is 5.86. The molecule has 6 rings (SSSR count). The summed E-state index contributed by atoms with van der Waals surface area (Å²) in [6, 6.07) is 5.03.